The number of rotatable bonds is 3. The van der Waals surface area contributed by atoms with Crippen LogP contribution in [-0.2, 0) is 0 Å². The highest BCUT2D eigenvalue weighted by Gasteiger charge is 2.16. The first-order chi connectivity index (χ1) is 13.8. The number of hydrazine groups is 1. The van der Waals surface area contributed by atoms with Crippen molar-refractivity contribution in [2.75, 3.05) is 5.01 Å². The molecular weight excluding hydrogens is 409 g/mol. The van der Waals surface area contributed by atoms with E-state index in [9.17, 15) is 0 Å². The van der Waals surface area contributed by atoms with Gasteiger partial charge in [0.25, 0.3) is 0 Å². The van der Waals surface area contributed by atoms with Crippen LogP contribution < -0.4 is 20.9 Å². The van der Waals surface area contributed by atoms with Gasteiger partial charge < -0.3 is 10.5 Å². The maximum Gasteiger partial charge on any atom is 0.164 e. The van der Waals surface area contributed by atoms with Crippen molar-refractivity contribution < 1.29 is 7.48 Å². The first kappa shape index (κ1) is 15.4. The van der Waals surface area contributed by atoms with Gasteiger partial charge in [0.1, 0.15) is 19.3 Å². The van der Waals surface area contributed by atoms with Gasteiger partial charge in [0.05, 0.1) is 33.8 Å². The van der Waals surface area contributed by atoms with Crippen molar-refractivity contribution in [1.29, 1.82) is 0 Å². The van der Waals surface area contributed by atoms with Crippen LogP contribution in [0.4, 0.5) is 5.69 Å². The van der Waals surface area contributed by atoms with Crippen LogP contribution in [0.3, 0.4) is 0 Å². The molecule has 0 bridgehead atoms. The molecule has 9 heteroatoms. The summed E-state index contributed by atoms with van der Waals surface area (Å²) in [5.74, 6) is 0.714. The van der Waals surface area contributed by atoms with E-state index in [2.05, 4.69) is 15.4 Å². The molecule has 1 aliphatic heterocycles. The van der Waals surface area contributed by atoms with Crippen molar-refractivity contribution in [3.8, 4) is 11.5 Å². The fraction of sp³-hybridized carbons (Fsp3) is 0. The van der Waals surface area contributed by atoms with E-state index in [1.807, 2.05) is 0 Å². The van der Waals surface area contributed by atoms with Gasteiger partial charge in [-0.2, -0.15) is 0 Å². The lowest BCUT2D eigenvalue weighted by Crippen LogP contribution is -2.40. The van der Waals surface area contributed by atoms with Crippen LogP contribution in [0.25, 0.3) is 10.9 Å². The standard InChI is InChI=1S/C18H12Cl3N5O/c19-13-3-4-24-16-2-1-11(7-12(13)16)27-18-14(20)5-10(6-15(18)21)26-9-23-8-17(22)25-26/h1-9,25H,22H2/i8D,9D. The zero-order chi connectivity index (χ0) is 20.7. The predicted octanol–water partition coefficient (Wildman–Crippen LogP) is 5.10. The number of hydrogen-bond donors (Lipinski definition) is 2. The molecule has 6 nitrogen and oxygen atoms in total. The Kier molecular flexibility index (Phi) is 4.08. The summed E-state index contributed by atoms with van der Waals surface area (Å²) in [4.78, 5) is 7.99. The van der Waals surface area contributed by atoms with Crippen LogP contribution in [0, 0.1) is 0 Å². The van der Waals surface area contributed by atoms with Gasteiger partial charge in [-0.1, -0.05) is 34.8 Å². The van der Waals surface area contributed by atoms with Crippen molar-refractivity contribution in [2.45, 2.75) is 0 Å². The molecule has 0 radical (unpaired) electrons. The van der Waals surface area contributed by atoms with Gasteiger partial charge in [-0.25, -0.2) is 10.0 Å². The van der Waals surface area contributed by atoms with Crippen molar-refractivity contribution in [1.82, 2.24) is 10.4 Å². The molecule has 4 rings (SSSR count). The summed E-state index contributed by atoms with van der Waals surface area (Å²) < 4.78 is 21.4. The molecule has 0 unspecified atom stereocenters. The Morgan fingerprint density at radius 1 is 1.07 bits per heavy atom. The Labute approximate surface area is 172 Å². The lowest BCUT2D eigenvalue weighted by atomic mass is 10.2. The van der Waals surface area contributed by atoms with Crippen LogP contribution in [0.2, 0.25) is 15.1 Å². The van der Waals surface area contributed by atoms with Gasteiger partial charge in [-0.05, 0) is 36.4 Å². The highest BCUT2D eigenvalue weighted by atomic mass is 35.5. The summed E-state index contributed by atoms with van der Waals surface area (Å²) in [6.07, 6.45) is 1.16. The lowest BCUT2D eigenvalue weighted by Gasteiger charge is -2.24. The number of halogens is 3. The summed E-state index contributed by atoms with van der Waals surface area (Å²) >= 11 is 19.0. The molecule has 3 N–H and O–H groups in total. The van der Waals surface area contributed by atoms with Gasteiger partial charge in [-0.15, -0.1) is 0 Å². The molecule has 1 aromatic heterocycles. The Hall–Kier alpha value is -2.67. The van der Waals surface area contributed by atoms with E-state index < -0.39 is 0 Å². The maximum atomic E-state index is 7.93. The maximum absolute atomic E-state index is 7.93. The summed E-state index contributed by atoms with van der Waals surface area (Å²) in [6, 6.07) is 10.0. The Morgan fingerprint density at radius 3 is 2.63 bits per heavy atom. The number of nitrogens with zero attached hydrogens (tertiary/aromatic N) is 3. The number of fused-ring (bicyclic) bond motifs is 1. The number of anilines is 1. The Bertz CT molecular complexity index is 1180. The van der Waals surface area contributed by atoms with E-state index in [1.54, 1.807) is 30.5 Å². The van der Waals surface area contributed by atoms with Crippen LogP contribution in [0.15, 0.2) is 59.6 Å². The zero-order valence-electron chi connectivity index (χ0n) is 15.5. The molecule has 3 aromatic rings. The normalized spacial score (nSPS) is 15.2. The Morgan fingerprint density at radius 2 is 1.85 bits per heavy atom. The number of benzene rings is 2. The van der Waals surface area contributed by atoms with E-state index in [4.69, 9.17) is 48.0 Å². The number of ether oxygens (including phenoxy) is 1. The number of nitrogens with one attached hydrogen (secondary N) is 1. The summed E-state index contributed by atoms with van der Waals surface area (Å²) in [5, 5.41) is 2.94. The van der Waals surface area contributed by atoms with Crippen molar-refractivity contribution in [3.05, 3.63) is 69.7 Å². The molecule has 0 fully saturated rings. The zero-order valence-corrected chi connectivity index (χ0v) is 15.8. The minimum atomic E-state index is -0.235. The SMILES string of the molecule is [2H]C1=NC([2H])=C(N)NN1c1cc(Cl)c(Oc2ccc3nccc(Cl)c3c2)c(Cl)c1. The minimum Gasteiger partial charge on any atom is -0.454 e. The molecule has 0 amide bonds. The third-order valence-corrected chi connectivity index (χ3v) is 4.57. The van der Waals surface area contributed by atoms with E-state index in [0.717, 1.165) is 10.9 Å². The van der Waals surface area contributed by atoms with Crippen LogP contribution in [0.5, 0.6) is 11.5 Å². The van der Waals surface area contributed by atoms with Gasteiger partial charge >= 0.3 is 0 Å². The van der Waals surface area contributed by atoms with Crippen LogP contribution in [0.1, 0.15) is 2.74 Å². The highest BCUT2D eigenvalue weighted by molar-refractivity contribution is 6.38. The molecule has 136 valence electrons. The van der Waals surface area contributed by atoms with E-state index in [0.29, 0.717) is 16.5 Å². The minimum absolute atomic E-state index is 0.00442. The second-order valence-electron chi connectivity index (χ2n) is 5.50. The molecule has 1 aliphatic rings. The smallest absolute Gasteiger partial charge is 0.164 e. The molecule has 0 saturated carbocycles. The molecule has 0 spiro atoms. The number of pyridine rings is 1. The van der Waals surface area contributed by atoms with Crippen molar-refractivity contribution in [2.24, 2.45) is 10.7 Å². The van der Waals surface area contributed by atoms with Gasteiger partial charge in [0.15, 0.2) is 5.75 Å². The number of aromatic nitrogens is 1. The quantitative estimate of drug-likeness (QED) is 0.614. The molecule has 27 heavy (non-hydrogen) atoms. The van der Waals surface area contributed by atoms with Crippen molar-refractivity contribution in [3.63, 3.8) is 0 Å². The molecule has 2 aromatic carbocycles. The average Bonchev–Trinajstić information content (AvgIpc) is 2.68. The number of amidine groups is 1. The monoisotopic (exact) mass is 421 g/mol. The molecular formula is C18H12Cl3N5O. The first-order valence-corrected chi connectivity index (χ1v) is 8.76. The lowest BCUT2D eigenvalue weighted by molar-refractivity contribution is 0.484. The fourth-order valence-electron chi connectivity index (χ4n) is 2.47. The molecule has 0 saturated heterocycles. The number of aliphatic imine (C=N–C) groups is 1. The van der Waals surface area contributed by atoms with Crippen LogP contribution >= 0.6 is 34.8 Å². The van der Waals surface area contributed by atoms with Crippen molar-refractivity contribution >= 4 is 57.7 Å². The van der Waals surface area contributed by atoms with Gasteiger partial charge in [0.2, 0.25) is 0 Å². The average molecular weight is 423 g/mol. The second kappa shape index (κ2) is 7.15. The van der Waals surface area contributed by atoms with E-state index >= 15 is 0 Å². The predicted molar refractivity (Wildman–Crippen MR) is 110 cm³/mol. The third-order valence-electron chi connectivity index (χ3n) is 3.68. The van der Waals surface area contributed by atoms with E-state index in [-0.39, 0.29) is 34.1 Å². The molecule has 0 atom stereocenters. The third kappa shape index (κ3) is 3.60. The van der Waals surface area contributed by atoms with Gasteiger partial charge in [0, 0.05) is 11.6 Å². The summed E-state index contributed by atoms with van der Waals surface area (Å²) in [7, 11) is 0. The fourth-order valence-corrected chi connectivity index (χ4v) is 3.23. The molecule has 0 aliphatic carbocycles. The largest absolute Gasteiger partial charge is 0.454 e. The summed E-state index contributed by atoms with van der Waals surface area (Å²) in [6.45, 7) is 0. The number of nitrogens with two attached hydrogens (primary N) is 1. The number of hydrogen-bond acceptors (Lipinski definition) is 6. The van der Waals surface area contributed by atoms with E-state index in [1.165, 1.54) is 17.1 Å². The van der Waals surface area contributed by atoms with Crippen LogP contribution in [-0.4, -0.2) is 11.3 Å². The highest BCUT2D eigenvalue weighted by Crippen LogP contribution is 2.40. The molecule has 2 heterocycles. The van der Waals surface area contributed by atoms with Gasteiger partial charge in [-0.3, -0.25) is 10.4 Å². The first-order valence-electron chi connectivity index (χ1n) is 8.63. The second-order valence-corrected chi connectivity index (χ2v) is 6.72. The summed E-state index contributed by atoms with van der Waals surface area (Å²) in [5.41, 5.74) is 9.50. The topological polar surface area (TPSA) is 75.8 Å². The Balaban J connectivity index is 1.67.